The van der Waals surface area contributed by atoms with Crippen LogP contribution in [0.3, 0.4) is 0 Å². The Bertz CT molecular complexity index is 335. The molecule has 0 saturated carbocycles. The Hall–Kier alpha value is -0.900. The van der Waals surface area contributed by atoms with Crippen molar-refractivity contribution in [1.82, 2.24) is 10.6 Å². The Morgan fingerprint density at radius 3 is 3.00 bits per heavy atom. The van der Waals surface area contributed by atoms with Gasteiger partial charge in [0.15, 0.2) is 10.9 Å². The average Bonchev–Trinajstić information content (AvgIpc) is 2.17. The molecular formula is C11H16N2OS. The van der Waals surface area contributed by atoms with Gasteiger partial charge in [0, 0.05) is 17.7 Å². The van der Waals surface area contributed by atoms with Gasteiger partial charge in [-0.3, -0.25) is 4.79 Å². The maximum absolute atomic E-state index is 11.8. The van der Waals surface area contributed by atoms with Crippen LogP contribution >= 0.6 is 12.2 Å². The molecule has 2 rings (SSSR count). The summed E-state index contributed by atoms with van der Waals surface area (Å²) in [6, 6.07) is 0.145. The molecule has 0 amide bonds. The maximum Gasteiger partial charge on any atom is 0.171 e. The summed E-state index contributed by atoms with van der Waals surface area (Å²) in [5.41, 5.74) is 2.02. The van der Waals surface area contributed by atoms with Crippen molar-refractivity contribution in [2.24, 2.45) is 0 Å². The summed E-state index contributed by atoms with van der Waals surface area (Å²) in [6.45, 7) is 2.13. The number of hydrogen-bond donors (Lipinski definition) is 2. The Balaban J connectivity index is 2.30. The normalized spacial score (nSPS) is 25.8. The monoisotopic (exact) mass is 224 g/mol. The molecule has 3 nitrogen and oxygen atoms in total. The minimum atomic E-state index is 0.145. The van der Waals surface area contributed by atoms with Gasteiger partial charge in [-0.05, 0) is 31.5 Å². The number of ketones is 1. The number of carbonyl (C=O) groups excluding carboxylic acids is 1. The van der Waals surface area contributed by atoms with E-state index in [2.05, 4.69) is 17.6 Å². The third-order valence-electron chi connectivity index (χ3n) is 2.95. The number of rotatable bonds is 2. The Morgan fingerprint density at radius 1 is 1.47 bits per heavy atom. The molecule has 1 atom stereocenters. The molecule has 1 unspecified atom stereocenters. The summed E-state index contributed by atoms with van der Waals surface area (Å²) in [5, 5.41) is 6.97. The van der Waals surface area contributed by atoms with Crippen molar-refractivity contribution in [2.45, 2.75) is 45.1 Å². The zero-order chi connectivity index (χ0) is 10.8. The minimum Gasteiger partial charge on any atom is -0.355 e. The van der Waals surface area contributed by atoms with Crippen LogP contribution in [0, 0.1) is 0 Å². The molecule has 2 N–H and O–H groups in total. The Labute approximate surface area is 95.3 Å². The molecule has 0 aromatic rings. The van der Waals surface area contributed by atoms with Gasteiger partial charge in [-0.1, -0.05) is 13.3 Å². The van der Waals surface area contributed by atoms with E-state index >= 15 is 0 Å². The summed E-state index contributed by atoms with van der Waals surface area (Å²) in [6.07, 6.45) is 4.64. The first kappa shape index (κ1) is 10.6. The molecule has 1 aliphatic heterocycles. The highest BCUT2D eigenvalue weighted by Gasteiger charge is 2.31. The van der Waals surface area contributed by atoms with Crippen LogP contribution in [-0.2, 0) is 4.79 Å². The highest BCUT2D eigenvalue weighted by atomic mass is 32.1. The molecule has 2 aliphatic rings. The van der Waals surface area contributed by atoms with Gasteiger partial charge >= 0.3 is 0 Å². The van der Waals surface area contributed by atoms with E-state index in [1.54, 1.807) is 0 Å². The lowest BCUT2D eigenvalue weighted by atomic mass is 9.87. The lowest BCUT2D eigenvalue weighted by Crippen LogP contribution is -2.50. The van der Waals surface area contributed by atoms with Gasteiger partial charge in [-0.2, -0.15) is 0 Å². The van der Waals surface area contributed by atoms with E-state index < -0.39 is 0 Å². The van der Waals surface area contributed by atoms with Crippen molar-refractivity contribution in [1.29, 1.82) is 0 Å². The van der Waals surface area contributed by atoms with Crippen LogP contribution in [-0.4, -0.2) is 16.9 Å². The lowest BCUT2D eigenvalue weighted by molar-refractivity contribution is -0.116. The molecule has 0 spiro atoms. The van der Waals surface area contributed by atoms with Crippen LogP contribution < -0.4 is 10.6 Å². The zero-order valence-corrected chi connectivity index (χ0v) is 9.75. The molecule has 1 heterocycles. The van der Waals surface area contributed by atoms with Crippen molar-refractivity contribution >= 4 is 23.1 Å². The summed E-state index contributed by atoms with van der Waals surface area (Å²) in [7, 11) is 0. The van der Waals surface area contributed by atoms with Crippen molar-refractivity contribution in [2.75, 3.05) is 0 Å². The number of thiocarbonyl (C=S) groups is 1. The van der Waals surface area contributed by atoms with Crippen molar-refractivity contribution in [3.05, 3.63) is 11.3 Å². The quantitative estimate of drug-likeness (QED) is 0.700. The highest BCUT2D eigenvalue weighted by Crippen LogP contribution is 2.26. The number of nitrogens with one attached hydrogen (secondary N) is 2. The first-order valence-electron chi connectivity index (χ1n) is 5.56. The Morgan fingerprint density at radius 2 is 2.27 bits per heavy atom. The van der Waals surface area contributed by atoms with E-state index in [1.807, 2.05) is 0 Å². The second-order valence-corrected chi connectivity index (χ2v) is 4.52. The van der Waals surface area contributed by atoms with Gasteiger partial charge < -0.3 is 10.6 Å². The van der Waals surface area contributed by atoms with E-state index in [9.17, 15) is 4.79 Å². The fraction of sp³-hybridized carbons (Fsp3) is 0.636. The predicted molar refractivity (Wildman–Crippen MR) is 63.4 cm³/mol. The highest BCUT2D eigenvalue weighted by molar-refractivity contribution is 7.80. The smallest absolute Gasteiger partial charge is 0.171 e. The molecular weight excluding hydrogens is 208 g/mol. The Kier molecular flexibility index (Phi) is 3.05. The molecule has 0 saturated heterocycles. The molecule has 0 fully saturated rings. The van der Waals surface area contributed by atoms with E-state index in [1.165, 1.54) is 0 Å². The predicted octanol–water partition coefficient (Wildman–Crippen LogP) is 1.64. The van der Waals surface area contributed by atoms with Gasteiger partial charge in [0.1, 0.15) is 0 Å². The van der Waals surface area contributed by atoms with Gasteiger partial charge in [-0.25, -0.2) is 0 Å². The van der Waals surface area contributed by atoms with Crippen LogP contribution in [0.2, 0.25) is 0 Å². The SMILES string of the molecule is CCCC1NC(=S)NC2=C1C(=O)CCC2. The average molecular weight is 224 g/mol. The lowest BCUT2D eigenvalue weighted by Gasteiger charge is -2.33. The van der Waals surface area contributed by atoms with Crippen LogP contribution in [0.25, 0.3) is 0 Å². The number of Topliss-reactive ketones (excluding diaryl/α,β-unsaturated/α-hetero) is 1. The second-order valence-electron chi connectivity index (χ2n) is 4.11. The summed E-state index contributed by atoms with van der Waals surface area (Å²) in [4.78, 5) is 11.8. The zero-order valence-electron chi connectivity index (χ0n) is 8.93. The number of hydrogen-bond acceptors (Lipinski definition) is 2. The van der Waals surface area contributed by atoms with Crippen LogP contribution in [0.4, 0.5) is 0 Å². The van der Waals surface area contributed by atoms with E-state index in [0.29, 0.717) is 11.5 Å². The van der Waals surface area contributed by atoms with Gasteiger partial charge in [0.05, 0.1) is 6.04 Å². The standard InChI is InChI=1S/C11H16N2OS/c1-2-4-7-10-8(13-11(15)12-7)5-3-6-9(10)14/h7H,2-6H2,1H3,(H2,12,13,15). The van der Waals surface area contributed by atoms with Crippen LogP contribution in [0.5, 0.6) is 0 Å². The first-order chi connectivity index (χ1) is 7.22. The van der Waals surface area contributed by atoms with Gasteiger partial charge in [0.25, 0.3) is 0 Å². The first-order valence-corrected chi connectivity index (χ1v) is 5.97. The number of allylic oxidation sites excluding steroid dienone is 1. The molecule has 1 aliphatic carbocycles. The van der Waals surface area contributed by atoms with E-state index in [-0.39, 0.29) is 11.8 Å². The number of carbonyl (C=O) groups is 1. The topological polar surface area (TPSA) is 41.1 Å². The van der Waals surface area contributed by atoms with E-state index in [0.717, 1.165) is 37.0 Å². The molecule has 0 radical (unpaired) electrons. The minimum absolute atomic E-state index is 0.145. The third kappa shape index (κ3) is 2.04. The molecule has 0 aromatic carbocycles. The molecule has 4 heteroatoms. The van der Waals surface area contributed by atoms with Crippen molar-refractivity contribution < 1.29 is 4.79 Å². The van der Waals surface area contributed by atoms with Crippen LogP contribution in [0.15, 0.2) is 11.3 Å². The van der Waals surface area contributed by atoms with Crippen molar-refractivity contribution in [3.8, 4) is 0 Å². The fourth-order valence-corrected chi connectivity index (χ4v) is 2.57. The largest absolute Gasteiger partial charge is 0.355 e. The van der Waals surface area contributed by atoms with Crippen molar-refractivity contribution in [3.63, 3.8) is 0 Å². The maximum atomic E-state index is 11.8. The molecule has 15 heavy (non-hydrogen) atoms. The van der Waals surface area contributed by atoms with Crippen LogP contribution in [0.1, 0.15) is 39.0 Å². The fourth-order valence-electron chi connectivity index (χ4n) is 2.31. The summed E-state index contributed by atoms with van der Waals surface area (Å²) >= 11 is 5.14. The van der Waals surface area contributed by atoms with Gasteiger partial charge in [-0.15, -0.1) is 0 Å². The second kappa shape index (κ2) is 4.31. The van der Waals surface area contributed by atoms with Gasteiger partial charge in [0.2, 0.25) is 0 Å². The summed E-state index contributed by atoms with van der Waals surface area (Å²) in [5.74, 6) is 0.289. The summed E-state index contributed by atoms with van der Waals surface area (Å²) < 4.78 is 0. The van der Waals surface area contributed by atoms with E-state index in [4.69, 9.17) is 12.2 Å². The molecule has 0 aromatic heterocycles. The molecule has 82 valence electrons. The third-order valence-corrected chi connectivity index (χ3v) is 3.17. The molecule has 0 bridgehead atoms.